The van der Waals surface area contributed by atoms with Crippen LogP contribution in [0.25, 0.3) is 0 Å². The lowest BCUT2D eigenvalue weighted by atomic mass is 9.74. The number of carbonyl (C=O) groups is 1. The fourth-order valence-electron chi connectivity index (χ4n) is 2.84. The van der Waals surface area contributed by atoms with Gasteiger partial charge in [0.05, 0.1) is 25.4 Å². The number of hydrogen-bond acceptors (Lipinski definition) is 6. The van der Waals surface area contributed by atoms with Crippen LogP contribution in [0, 0.1) is 28.1 Å². The highest BCUT2D eigenvalue weighted by Gasteiger charge is 2.42. The normalized spacial score (nSPS) is 20.0. The number of allylic oxidation sites excluding steroid dienone is 2. The molecule has 1 aliphatic carbocycles. The highest BCUT2D eigenvalue weighted by atomic mass is 16.7. The number of nitrogens with zero attached hydrogens (tertiary/aromatic N) is 2. The van der Waals surface area contributed by atoms with Crippen molar-refractivity contribution in [3.8, 4) is 12.1 Å². The van der Waals surface area contributed by atoms with E-state index in [1.165, 1.54) is 6.92 Å². The maximum absolute atomic E-state index is 10.7. The van der Waals surface area contributed by atoms with Crippen LogP contribution in [0.4, 0.5) is 0 Å². The lowest BCUT2D eigenvalue weighted by molar-refractivity contribution is -0.161. The van der Waals surface area contributed by atoms with Gasteiger partial charge in [0.25, 0.3) is 0 Å². The third-order valence-corrected chi connectivity index (χ3v) is 4.15. The van der Waals surface area contributed by atoms with Crippen LogP contribution >= 0.6 is 0 Å². The van der Waals surface area contributed by atoms with Gasteiger partial charge >= 0.3 is 5.97 Å². The summed E-state index contributed by atoms with van der Waals surface area (Å²) in [5.74, 6) is -0.927. The topological polar surface area (TPSA) is 92.3 Å². The first-order valence-corrected chi connectivity index (χ1v) is 7.64. The van der Waals surface area contributed by atoms with E-state index in [-0.39, 0.29) is 19.0 Å². The fourth-order valence-corrected chi connectivity index (χ4v) is 2.84. The average Bonchev–Trinajstić information content (AvgIpc) is 3.00. The molecule has 1 heterocycles. The zero-order valence-corrected chi connectivity index (χ0v) is 13.2. The van der Waals surface area contributed by atoms with Crippen LogP contribution in [0.15, 0.2) is 23.8 Å². The van der Waals surface area contributed by atoms with Crippen LogP contribution in [-0.4, -0.2) is 31.6 Å². The Hall–Kier alpha value is -2.15. The van der Waals surface area contributed by atoms with Crippen molar-refractivity contribution >= 4 is 5.97 Å². The van der Waals surface area contributed by atoms with Crippen LogP contribution in [0.1, 0.15) is 32.6 Å². The summed E-state index contributed by atoms with van der Waals surface area (Å²) in [6.07, 6.45) is 7.34. The number of ether oxygens (including phenoxy) is 3. The third-order valence-electron chi connectivity index (χ3n) is 4.15. The van der Waals surface area contributed by atoms with E-state index in [1.54, 1.807) is 12.2 Å². The van der Waals surface area contributed by atoms with Gasteiger partial charge in [-0.15, -0.1) is 0 Å². The standard InChI is InChI=1S/C17H20N2O4/c1-14(20)21-9-3-2-6-16(12-18,13-19)15-4-7-17(8-5-15)22-10-11-23-17/h2-4H,5-11H2,1H3/b3-2+. The number of carbonyl (C=O) groups excluding carboxylic acids is 1. The van der Waals surface area contributed by atoms with E-state index in [9.17, 15) is 15.3 Å². The molecule has 0 radical (unpaired) electrons. The van der Waals surface area contributed by atoms with Crippen molar-refractivity contribution in [2.45, 2.75) is 38.4 Å². The Bertz CT molecular complexity index is 575. The van der Waals surface area contributed by atoms with Gasteiger partial charge in [-0.3, -0.25) is 4.79 Å². The van der Waals surface area contributed by atoms with Crippen molar-refractivity contribution < 1.29 is 19.0 Å². The number of rotatable bonds is 5. The molecular formula is C17H20N2O4. The molecule has 0 aromatic carbocycles. The summed E-state index contributed by atoms with van der Waals surface area (Å²) in [5, 5.41) is 19.1. The summed E-state index contributed by atoms with van der Waals surface area (Å²) in [6, 6.07) is 4.29. The van der Waals surface area contributed by atoms with E-state index in [2.05, 4.69) is 12.1 Å². The molecular weight excluding hydrogens is 296 g/mol. The van der Waals surface area contributed by atoms with Gasteiger partial charge in [-0.1, -0.05) is 18.2 Å². The van der Waals surface area contributed by atoms with Gasteiger partial charge in [-0.25, -0.2) is 0 Å². The highest BCUT2D eigenvalue weighted by molar-refractivity contribution is 5.65. The Balaban J connectivity index is 2.03. The number of esters is 1. The Morgan fingerprint density at radius 2 is 2.09 bits per heavy atom. The lowest BCUT2D eigenvalue weighted by Gasteiger charge is -2.33. The van der Waals surface area contributed by atoms with Crippen molar-refractivity contribution in [2.24, 2.45) is 5.41 Å². The Morgan fingerprint density at radius 1 is 1.39 bits per heavy atom. The fraction of sp³-hybridized carbons (Fsp3) is 0.588. The third kappa shape index (κ3) is 3.98. The van der Waals surface area contributed by atoms with Crippen molar-refractivity contribution in [2.75, 3.05) is 19.8 Å². The van der Waals surface area contributed by atoms with Gasteiger partial charge in [0, 0.05) is 26.2 Å². The predicted molar refractivity (Wildman–Crippen MR) is 80.6 cm³/mol. The van der Waals surface area contributed by atoms with Crippen LogP contribution in [0.3, 0.4) is 0 Å². The molecule has 23 heavy (non-hydrogen) atoms. The molecule has 0 aromatic heterocycles. The Labute approximate surface area is 135 Å². The smallest absolute Gasteiger partial charge is 0.302 e. The SMILES string of the molecule is CC(=O)OC/C=C/CC(C#N)(C#N)C1=CCC2(CC1)OCCO2. The molecule has 0 N–H and O–H groups in total. The molecule has 0 bridgehead atoms. The highest BCUT2D eigenvalue weighted by Crippen LogP contribution is 2.42. The first-order valence-electron chi connectivity index (χ1n) is 7.64. The Kier molecular flexibility index (Phi) is 5.54. The number of nitriles is 2. The molecule has 2 rings (SSSR count). The molecule has 1 spiro atoms. The summed E-state index contributed by atoms with van der Waals surface area (Å²) in [5.41, 5.74) is -0.378. The minimum absolute atomic E-state index is 0.145. The summed E-state index contributed by atoms with van der Waals surface area (Å²) in [6.45, 7) is 2.65. The van der Waals surface area contributed by atoms with Crippen molar-refractivity contribution in [3.05, 3.63) is 23.8 Å². The molecule has 0 aromatic rings. The van der Waals surface area contributed by atoms with Crippen molar-refractivity contribution in [1.29, 1.82) is 10.5 Å². The van der Waals surface area contributed by atoms with Gasteiger partial charge in [-0.05, 0) is 12.0 Å². The quantitative estimate of drug-likeness (QED) is 0.571. The number of hydrogen-bond donors (Lipinski definition) is 0. The first-order chi connectivity index (χ1) is 11.1. The molecule has 6 heteroatoms. The molecule has 0 saturated carbocycles. The predicted octanol–water partition coefficient (Wildman–Crippen LogP) is 2.38. The maximum Gasteiger partial charge on any atom is 0.302 e. The molecule has 122 valence electrons. The van der Waals surface area contributed by atoms with Gasteiger partial charge in [0.15, 0.2) is 11.2 Å². The second kappa shape index (κ2) is 7.41. The zero-order chi connectivity index (χ0) is 16.8. The van der Waals surface area contributed by atoms with Gasteiger partial charge in [0.1, 0.15) is 6.61 Å². The van der Waals surface area contributed by atoms with Gasteiger partial charge in [-0.2, -0.15) is 10.5 Å². The molecule has 6 nitrogen and oxygen atoms in total. The molecule has 2 aliphatic rings. The van der Waals surface area contributed by atoms with E-state index in [1.807, 2.05) is 6.08 Å². The van der Waals surface area contributed by atoms with E-state index < -0.39 is 11.2 Å². The van der Waals surface area contributed by atoms with Crippen LogP contribution in [-0.2, 0) is 19.0 Å². The largest absolute Gasteiger partial charge is 0.462 e. The molecule has 0 amide bonds. The monoisotopic (exact) mass is 316 g/mol. The summed E-state index contributed by atoms with van der Waals surface area (Å²) < 4.78 is 16.1. The summed E-state index contributed by atoms with van der Waals surface area (Å²) >= 11 is 0. The summed E-state index contributed by atoms with van der Waals surface area (Å²) in [7, 11) is 0. The van der Waals surface area contributed by atoms with Gasteiger partial charge < -0.3 is 14.2 Å². The molecule has 1 saturated heterocycles. The van der Waals surface area contributed by atoms with Crippen LogP contribution in [0.2, 0.25) is 0 Å². The van der Waals surface area contributed by atoms with E-state index >= 15 is 0 Å². The zero-order valence-electron chi connectivity index (χ0n) is 13.2. The van der Waals surface area contributed by atoms with Crippen LogP contribution < -0.4 is 0 Å². The maximum atomic E-state index is 10.7. The molecule has 1 fully saturated rings. The van der Waals surface area contributed by atoms with Crippen molar-refractivity contribution in [3.63, 3.8) is 0 Å². The minimum Gasteiger partial charge on any atom is -0.462 e. The molecule has 0 atom stereocenters. The minimum atomic E-state index is -1.19. The first kappa shape index (κ1) is 17.2. The molecule has 0 unspecified atom stereocenters. The average molecular weight is 316 g/mol. The Morgan fingerprint density at radius 3 is 2.61 bits per heavy atom. The van der Waals surface area contributed by atoms with E-state index in [4.69, 9.17) is 14.2 Å². The van der Waals surface area contributed by atoms with Gasteiger partial charge in [0.2, 0.25) is 0 Å². The van der Waals surface area contributed by atoms with Crippen LogP contribution in [0.5, 0.6) is 0 Å². The van der Waals surface area contributed by atoms with Crippen molar-refractivity contribution in [1.82, 2.24) is 0 Å². The van der Waals surface area contributed by atoms with E-state index in [0.29, 0.717) is 32.5 Å². The molecule has 1 aliphatic heterocycles. The van der Waals surface area contributed by atoms with E-state index in [0.717, 1.165) is 5.57 Å². The lowest BCUT2D eigenvalue weighted by Crippen LogP contribution is -2.34. The second-order valence-corrected chi connectivity index (χ2v) is 5.65. The summed E-state index contributed by atoms with van der Waals surface area (Å²) in [4.78, 5) is 10.7. The second-order valence-electron chi connectivity index (χ2n) is 5.65.